The molecule has 2 aromatic carbocycles. The van der Waals surface area contributed by atoms with E-state index >= 15 is 0 Å². The molecule has 116 valence electrons. The normalized spacial score (nSPS) is 12.2. The quantitative estimate of drug-likeness (QED) is 0.905. The number of para-hydroxylation sites is 1. The number of amides is 1. The van der Waals surface area contributed by atoms with Crippen LogP contribution in [0.2, 0.25) is 5.02 Å². The molecule has 0 aliphatic carbocycles. The lowest BCUT2D eigenvalue weighted by Gasteiger charge is -2.24. The van der Waals surface area contributed by atoms with Gasteiger partial charge >= 0.3 is 0 Å². The van der Waals surface area contributed by atoms with Crippen molar-refractivity contribution < 1.29 is 9.18 Å². The number of halogens is 2. The lowest BCUT2D eigenvalue weighted by atomic mass is 10.2. The average Bonchev–Trinajstić information content (AvgIpc) is 2.48. The Morgan fingerprint density at radius 3 is 2.68 bits per heavy atom. The van der Waals surface area contributed by atoms with Crippen molar-refractivity contribution in [1.82, 2.24) is 4.90 Å². The molecule has 0 spiro atoms. The first-order valence-electron chi connectivity index (χ1n) is 6.97. The van der Waals surface area contributed by atoms with Crippen LogP contribution in [0.5, 0.6) is 0 Å². The summed E-state index contributed by atoms with van der Waals surface area (Å²) in [5.74, 6) is -0.699. The van der Waals surface area contributed by atoms with Crippen LogP contribution < -0.4 is 5.32 Å². The molecule has 1 amide bonds. The molecule has 1 N–H and O–H groups in total. The van der Waals surface area contributed by atoms with E-state index in [0.717, 1.165) is 5.56 Å². The third kappa shape index (κ3) is 4.29. The van der Waals surface area contributed by atoms with Gasteiger partial charge in [-0.2, -0.15) is 0 Å². The molecular weight excluding hydrogens is 303 g/mol. The van der Waals surface area contributed by atoms with Gasteiger partial charge in [0.25, 0.3) is 0 Å². The van der Waals surface area contributed by atoms with E-state index in [1.54, 1.807) is 25.1 Å². The fourth-order valence-corrected chi connectivity index (χ4v) is 2.27. The van der Waals surface area contributed by atoms with E-state index in [2.05, 4.69) is 5.32 Å². The van der Waals surface area contributed by atoms with Gasteiger partial charge in [0.2, 0.25) is 5.91 Å². The zero-order valence-corrected chi connectivity index (χ0v) is 13.3. The van der Waals surface area contributed by atoms with Crippen LogP contribution in [0.3, 0.4) is 0 Å². The van der Waals surface area contributed by atoms with Crippen molar-refractivity contribution in [1.29, 1.82) is 0 Å². The summed E-state index contributed by atoms with van der Waals surface area (Å²) < 4.78 is 13.6. The van der Waals surface area contributed by atoms with Crippen molar-refractivity contribution in [3.63, 3.8) is 0 Å². The number of carbonyl (C=O) groups is 1. The first kappa shape index (κ1) is 16.5. The Labute approximate surface area is 134 Å². The molecule has 1 atom stereocenters. The predicted octanol–water partition coefficient (Wildman–Crippen LogP) is 3.94. The summed E-state index contributed by atoms with van der Waals surface area (Å²) in [4.78, 5) is 14.1. The van der Waals surface area contributed by atoms with Gasteiger partial charge < -0.3 is 5.32 Å². The summed E-state index contributed by atoms with van der Waals surface area (Å²) in [5, 5.41) is 3.27. The molecule has 0 heterocycles. The zero-order chi connectivity index (χ0) is 16.1. The topological polar surface area (TPSA) is 32.3 Å². The Hall–Kier alpha value is -1.91. The number of hydrogen-bond acceptors (Lipinski definition) is 2. The van der Waals surface area contributed by atoms with E-state index < -0.39 is 11.9 Å². The minimum absolute atomic E-state index is 0.190. The van der Waals surface area contributed by atoms with Gasteiger partial charge in [-0.1, -0.05) is 35.9 Å². The van der Waals surface area contributed by atoms with Gasteiger partial charge in [-0.15, -0.1) is 0 Å². The molecule has 2 rings (SSSR count). The van der Waals surface area contributed by atoms with Crippen molar-refractivity contribution in [2.75, 3.05) is 12.4 Å². The molecule has 0 fully saturated rings. The molecule has 0 bridgehead atoms. The Morgan fingerprint density at radius 1 is 1.27 bits per heavy atom. The molecular formula is C17H18ClFN2O. The summed E-state index contributed by atoms with van der Waals surface area (Å²) in [6, 6.07) is 13.2. The van der Waals surface area contributed by atoms with Crippen LogP contribution in [-0.2, 0) is 11.3 Å². The standard InChI is InChI=1S/C17H18ClFN2O/c1-12(17(22)20-16-9-4-3-8-15(16)19)21(2)11-13-6-5-7-14(18)10-13/h3-10,12H,11H2,1-2H3,(H,20,22)/t12-/m1/s1. The van der Waals surface area contributed by atoms with E-state index in [1.807, 2.05) is 30.1 Å². The first-order chi connectivity index (χ1) is 10.5. The number of nitrogens with one attached hydrogen (secondary N) is 1. The molecule has 0 saturated heterocycles. The highest BCUT2D eigenvalue weighted by Gasteiger charge is 2.19. The molecule has 2 aromatic rings. The number of nitrogens with zero attached hydrogens (tertiary/aromatic N) is 1. The number of anilines is 1. The van der Waals surface area contributed by atoms with Crippen LogP contribution in [0.15, 0.2) is 48.5 Å². The van der Waals surface area contributed by atoms with Gasteiger partial charge in [-0.3, -0.25) is 9.69 Å². The molecule has 0 radical (unpaired) electrons. The summed E-state index contributed by atoms with van der Waals surface area (Å²) in [7, 11) is 1.84. The number of likely N-dealkylation sites (N-methyl/N-ethyl adjacent to an activating group) is 1. The molecule has 0 aliphatic rings. The van der Waals surface area contributed by atoms with Crippen LogP contribution in [0.25, 0.3) is 0 Å². The monoisotopic (exact) mass is 320 g/mol. The minimum Gasteiger partial charge on any atom is -0.322 e. The fourth-order valence-electron chi connectivity index (χ4n) is 2.06. The summed E-state index contributed by atoms with van der Waals surface area (Å²) in [5.41, 5.74) is 1.20. The third-order valence-corrected chi connectivity index (χ3v) is 3.73. The van der Waals surface area contributed by atoms with Crippen molar-refractivity contribution in [2.24, 2.45) is 0 Å². The van der Waals surface area contributed by atoms with E-state index in [1.165, 1.54) is 12.1 Å². The van der Waals surface area contributed by atoms with Gasteiger partial charge in [-0.25, -0.2) is 4.39 Å². The van der Waals surface area contributed by atoms with Gasteiger partial charge in [0, 0.05) is 11.6 Å². The Morgan fingerprint density at radius 2 is 2.00 bits per heavy atom. The molecule has 0 aromatic heterocycles. The van der Waals surface area contributed by atoms with E-state index in [0.29, 0.717) is 11.6 Å². The van der Waals surface area contributed by atoms with Gasteiger partial charge in [0.05, 0.1) is 11.7 Å². The number of rotatable bonds is 5. The SMILES string of the molecule is C[C@H](C(=O)Nc1ccccc1F)N(C)Cc1cccc(Cl)c1. The van der Waals surface area contributed by atoms with Crippen LogP contribution in [0, 0.1) is 5.82 Å². The van der Waals surface area contributed by atoms with Crippen LogP contribution in [0.4, 0.5) is 10.1 Å². The summed E-state index contributed by atoms with van der Waals surface area (Å²) in [6.45, 7) is 2.35. The van der Waals surface area contributed by atoms with Gasteiger partial charge in [0.1, 0.15) is 5.82 Å². The predicted molar refractivity (Wildman–Crippen MR) is 87.4 cm³/mol. The summed E-state index contributed by atoms with van der Waals surface area (Å²) >= 11 is 5.96. The second-order valence-corrected chi connectivity index (χ2v) is 5.63. The van der Waals surface area contributed by atoms with E-state index in [4.69, 9.17) is 11.6 Å². The van der Waals surface area contributed by atoms with Gasteiger partial charge in [-0.05, 0) is 43.8 Å². The molecule has 22 heavy (non-hydrogen) atoms. The molecule has 0 aliphatic heterocycles. The minimum atomic E-state index is -0.444. The molecule has 3 nitrogen and oxygen atoms in total. The smallest absolute Gasteiger partial charge is 0.241 e. The number of carbonyl (C=O) groups excluding carboxylic acids is 1. The average molecular weight is 321 g/mol. The van der Waals surface area contributed by atoms with Crippen molar-refractivity contribution >= 4 is 23.2 Å². The largest absolute Gasteiger partial charge is 0.322 e. The zero-order valence-electron chi connectivity index (χ0n) is 12.5. The number of benzene rings is 2. The third-order valence-electron chi connectivity index (χ3n) is 3.49. The highest BCUT2D eigenvalue weighted by molar-refractivity contribution is 6.30. The van der Waals surface area contributed by atoms with Gasteiger partial charge in [0.15, 0.2) is 0 Å². The van der Waals surface area contributed by atoms with E-state index in [9.17, 15) is 9.18 Å². The molecule has 0 unspecified atom stereocenters. The van der Waals surface area contributed by atoms with Crippen LogP contribution in [-0.4, -0.2) is 23.9 Å². The lowest BCUT2D eigenvalue weighted by Crippen LogP contribution is -2.39. The fraction of sp³-hybridized carbons (Fsp3) is 0.235. The second-order valence-electron chi connectivity index (χ2n) is 5.19. The van der Waals surface area contributed by atoms with Crippen molar-refractivity contribution in [2.45, 2.75) is 19.5 Å². The first-order valence-corrected chi connectivity index (χ1v) is 7.35. The summed E-state index contributed by atoms with van der Waals surface area (Å²) in [6.07, 6.45) is 0. The lowest BCUT2D eigenvalue weighted by molar-refractivity contribution is -0.120. The number of hydrogen-bond donors (Lipinski definition) is 1. The van der Waals surface area contributed by atoms with Crippen LogP contribution >= 0.6 is 11.6 Å². The highest BCUT2D eigenvalue weighted by Crippen LogP contribution is 2.15. The maximum absolute atomic E-state index is 13.6. The Balaban J connectivity index is 1.99. The molecule has 0 saturated carbocycles. The maximum atomic E-state index is 13.6. The maximum Gasteiger partial charge on any atom is 0.241 e. The molecule has 5 heteroatoms. The Kier molecular flexibility index (Phi) is 5.52. The Bertz CT molecular complexity index is 663. The van der Waals surface area contributed by atoms with Crippen molar-refractivity contribution in [3.8, 4) is 0 Å². The highest BCUT2D eigenvalue weighted by atomic mass is 35.5. The van der Waals surface area contributed by atoms with E-state index in [-0.39, 0.29) is 11.6 Å². The van der Waals surface area contributed by atoms with Crippen LogP contribution in [0.1, 0.15) is 12.5 Å². The van der Waals surface area contributed by atoms with Crippen molar-refractivity contribution in [3.05, 3.63) is 64.9 Å². The second kappa shape index (κ2) is 7.38.